The molecule has 1 saturated heterocycles. The van der Waals surface area contributed by atoms with Crippen LogP contribution >= 0.6 is 11.8 Å². The summed E-state index contributed by atoms with van der Waals surface area (Å²) in [6, 6.07) is 2.60. The fourth-order valence-electron chi connectivity index (χ4n) is 2.41. The van der Waals surface area contributed by atoms with Crippen LogP contribution in [0.15, 0.2) is 6.07 Å². The van der Waals surface area contributed by atoms with Crippen molar-refractivity contribution < 1.29 is 4.79 Å². The van der Waals surface area contributed by atoms with Crippen molar-refractivity contribution in [3.63, 3.8) is 0 Å². The van der Waals surface area contributed by atoms with Gasteiger partial charge in [-0.2, -0.15) is 11.8 Å². The number of aromatic nitrogens is 1. The molecule has 0 bridgehead atoms. The zero-order valence-electron chi connectivity index (χ0n) is 9.32. The van der Waals surface area contributed by atoms with E-state index in [2.05, 4.69) is 18.4 Å². The van der Waals surface area contributed by atoms with Crippen molar-refractivity contribution in [2.45, 2.75) is 32.7 Å². The molecule has 0 N–H and O–H groups in total. The van der Waals surface area contributed by atoms with Crippen molar-refractivity contribution in [1.29, 1.82) is 0 Å². The van der Waals surface area contributed by atoms with E-state index in [4.69, 9.17) is 0 Å². The van der Waals surface area contributed by atoms with Gasteiger partial charge >= 0.3 is 0 Å². The molecule has 2 heterocycles. The summed E-state index contributed by atoms with van der Waals surface area (Å²) in [7, 11) is 0. The Morgan fingerprint density at radius 3 is 2.87 bits per heavy atom. The molecule has 1 aliphatic rings. The molecule has 0 spiro atoms. The van der Waals surface area contributed by atoms with Crippen molar-refractivity contribution in [2.24, 2.45) is 0 Å². The predicted octanol–water partition coefficient (Wildman–Crippen LogP) is 2.99. The van der Waals surface area contributed by atoms with Gasteiger partial charge < -0.3 is 4.57 Å². The smallest absolute Gasteiger partial charge is 0.151 e. The summed E-state index contributed by atoms with van der Waals surface area (Å²) in [6.45, 7) is 4.15. The van der Waals surface area contributed by atoms with Gasteiger partial charge in [-0.05, 0) is 38.5 Å². The molecule has 1 aromatic heterocycles. The molecule has 0 radical (unpaired) electrons. The van der Waals surface area contributed by atoms with Gasteiger partial charge in [-0.15, -0.1) is 0 Å². The summed E-state index contributed by atoms with van der Waals surface area (Å²) >= 11 is 2.02. The number of rotatable bonds is 2. The van der Waals surface area contributed by atoms with Gasteiger partial charge in [0.1, 0.15) is 0 Å². The third-order valence-electron chi connectivity index (χ3n) is 3.15. The lowest BCUT2D eigenvalue weighted by atomic mass is 10.1. The molecule has 15 heavy (non-hydrogen) atoms. The Kier molecular flexibility index (Phi) is 3.19. The molecule has 1 fully saturated rings. The number of carbonyl (C=O) groups is 1. The van der Waals surface area contributed by atoms with Crippen LogP contribution in [0.2, 0.25) is 0 Å². The lowest BCUT2D eigenvalue weighted by molar-refractivity contribution is 0.112. The van der Waals surface area contributed by atoms with Gasteiger partial charge in [0.2, 0.25) is 0 Å². The summed E-state index contributed by atoms with van der Waals surface area (Å²) in [6.07, 6.45) is 3.51. The zero-order chi connectivity index (χ0) is 10.8. The Balaban J connectivity index is 2.33. The van der Waals surface area contributed by atoms with E-state index in [-0.39, 0.29) is 0 Å². The Hall–Kier alpha value is -0.700. The van der Waals surface area contributed by atoms with Gasteiger partial charge in [-0.3, -0.25) is 4.79 Å². The molecule has 3 heteroatoms. The number of nitrogens with zero attached hydrogens (tertiary/aromatic N) is 1. The first-order chi connectivity index (χ1) is 7.24. The maximum atomic E-state index is 10.9. The summed E-state index contributed by atoms with van der Waals surface area (Å²) < 4.78 is 2.34. The normalized spacial score (nSPS) is 21.6. The Morgan fingerprint density at radius 2 is 2.33 bits per heavy atom. The maximum absolute atomic E-state index is 10.9. The molecule has 0 aliphatic carbocycles. The average Bonchev–Trinajstić information content (AvgIpc) is 2.55. The summed E-state index contributed by atoms with van der Waals surface area (Å²) in [5.74, 6) is 2.48. The van der Waals surface area contributed by atoms with Crippen LogP contribution in [0.3, 0.4) is 0 Å². The highest BCUT2D eigenvalue weighted by Crippen LogP contribution is 2.30. The van der Waals surface area contributed by atoms with Crippen LogP contribution in [0.1, 0.15) is 40.6 Å². The fraction of sp³-hybridized carbons (Fsp3) is 0.583. The molecule has 1 atom stereocenters. The second kappa shape index (κ2) is 4.44. The second-order valence-corrected chi connectivity index (χ2v) is 5.34. The average molecular weight is 223 g/mol. The van der Waals surface area contributed by atoms with Gasteiger partial charge in [0.25, 0.3) is 0 Å². The van der Waals surface area contributed by atoms with Crippen LogP contribution in [0.5, 0.6) is 0 Å². The lowest BCUT2D eigenvalue weighted by Crippen LogP contribution is -2.18. The number of hydrogen-bond donors (Lipinski definition) is 0. The molecule has 0 amide bonds. The topological polar surface area (TPSA) is 22.0 Å². The van der Waals surface area contributed by atoms with Crippen molar-refractivity contribution in [3.05, 3.63) is 23.0 Å². The van der Waals surface area contributed by atoms with Gasteiger partial charge in [0, 0.05) is 28.7 Å². The molecule has 1 unspecified atom stereocenters. The van der Waals surface area contributed by atoms with E-state index < -0.39 is 0 Å². The Morgan fingerprint density at radius 1 is 1.53 bits per heavy atom. The van der Waals surface area contributed by atoms with Gasteiger partial charge in [-0.1, -0.05) is 0 Å². The quantitative estimate of drug-likeness (QED) is 0.719. The minimum atomic E-state index is 0.595. The minimum absolute atomic E-state index is 0.595. The lowest BCUT2D eigenvalue weighted by Gasteiger charge is -2.26. The molecule has 2 nitrogen and oxygen atoms in total. The SMILES string of the molecule is Cc1cc(C=O)c(C)n1C1CCCSC1. The fourth-order valence-corrected chi connectivity index (χ4v) is 3.54. The van der Waals surface area contributed by atoms with Crippen molar-refractivity contribution in [2.75, 3.05) is 11.5 Å². The first kappa shape index (κ1) is 10.8. The summed E-state index contributed by atoms with van der Waals surface area (Å²) in [5, 5.41) is 0. The minimum Gasteiger partial charge on any atom is -0.345 e. The highest BCUT2D eigenvalue weighted by atomic mass is 32.2. The van der Waals surface area contributed by atoms with Crippen LogP contribution in [-0.2, 0) is 0 Å². The molecule has 2 rings (SSSR count). The molecule has 0 aromatic carbocycles. The van der Waals surface area contributed by atoms with Gasteiger partial charge in [0.15, 0.2) is 6.29 Å². The number of thioether (sulfide) groups is 1. The summed E-state index contributed by atoms with van der Waals surface area (Å²) in [4.78, 5) is 10.9. The van der Waals surface area contributed by atoms with Crippen LogP contribution in [0, 0.1) is 13.8 Å². The first-order valence-corrected chi connectivity index (χ1v) is 6.61. The van der Waals surface area contributed by atoms with Crippen LogP contribution in [0.25, 0.3) is 0 Å². The Bertz CT molecular complexity index is 364. The third kappa shape index (κ3) is 1.98. The van der Waals surface area contributed by atoms with Crippen molar-refractivity contribution >= 4 is 18.0 Å². The largest absolute Gasteiger partial charge is 0.345 e. The maximum Gasteiger partial charge on any atom is 0.151 e. The van der Waals surface area contributed by atoms with E-state index in [0.29, 0.717) is 6.04 Å². The second-order valence-electron chi connectivity index (χ2n) is 4.19. The zero-order valence-corrected chi connectivity index (χ0v) is 10.1. The monoisotopic (exact) mass is 223 g/mol. The number of carbonyl (C=O) groups excluding carboxylic acids is 1. The van der Waals surface area contributed by atoms with Gasteiger partial charge in [-0.25, -0.2) is 0 Å². The Labute approximate surface area is 95.0 Å². The van der Waals surface area contributed by atoms with E-state index in [1.807, 2.05) is 17.8 Å². The predicted molar refractivity (Wildman–Crippen MR) is 64.9 cm³/mol. The standard InChI is InChI=1S/C12H17NOS/c1-9-6-11(7-14)10(2)13(9)12-4-3-5-15-8-12/h6-7,12H,3-5,8H2,1-2H3. The van der Waals surface area contributed by atoms with Crippen LogP contribution in [0.4, 0.5) is 0 Å². The number of hydrogen-bond acceptors (Lipinski definition) is 2. The third-order valence-corrected chi connectivity index (χ3v) is 4.35. The highest BCUT2D eigenvalue weighted by Gasteiger charge is 2.19. The van der Waals surface area contributed by atoms with Gasteiger partial charge in [0.05, 0.1) is 0 Å². The number of aryl methyl sites for hydroxylation is 1. The molecule has 82 valence electrons. The van der Waals surface area contributed by atoms with E-state index in [0.717, 1.165) is 17.5 Å². The molecule has 1 aliphatic heterocycles. The molecule has 1 aromatic rings. The van der Waals surface area contributed by atoms with Crippen LogP contribution in [-0.4, -0.2) is 22.4 Å². The van der Waals surface area contributed by atoms with E-state index in [1.54, 1.807) is 0 Å². The molecule has 0 saturated carbocycles. The van der Waals surface area contributed by atoms with Crippen molar-refractivity contribution in [3.8, 4) is 0 Å². The highest BCUT2D eigenvalue weighted by molar-refractivity contribution is 7.99. The number of aldehydes is 1. The van der Waals surface area contributed by atoms with E-state index >= 15 is 0 Å². The molecular weight excluding hydrogens is 206 g/mol. The molecular formula is C12H17NOS. The van der Waals surface area contributed by atoms with Crippen LogP contribution < -0.4 is 0 Å². The van der Waals surface area contributed by atoms with E-state index in [1.165, 1.54) is 30.0 Å². The van der Waals surface area contributed by atoms with E-state index in [9.17, 15) is 4.79 Å². The summed E-state index contributed by atoms with van der Waals surface area (Å²) in [5.41, 5.74) is 3.21. The van der Waals surface area contributed by atoms with Crippen molar-refractivity contribution in [1.82, 2.24) is 4.57 Å². The first-order valence-electron chi connectivity index (χ1n) is 5.45.